The quantitative estimate of drug-likeness (QED) is 0.543. The third kappa shape index (κ3) is 4.57. The number of aromatic nitrogens is 1. The van der Waals surface area contributed by atoms with E-state index in [4.69, 9.17) is 0 Å². The van der Waals surface area contributed by atoms with Gasteiger partial charge < -0.3 is 10.2 Å². The molecule has 0 unspecified atom stereocenters. The monoisotopic (exact) mass is 478 g/mol. The summed E-state index contributed by atoms with van der Waals surface area (Å²) in [5.74, 6) is -0.300. The van der Waals surface area contributed by atoms with Gasteiger partial charge in [0, 0.05) is 43.8 Å². The first-order chi connectivity index (χ1) is 16.1. The van der Waals surface area contributed by atoms with Crippen molar-refractivity contribution in [1.29, 1.82) is 0 Å². The fraction of sp³-hybridized carbons (Fsp3) is 0.240. The number of rotatable bonds is 7. The maximum absolute atomic E-state index is 12.9. The molecule has 34 heavy (non-hydrogen) atoms. The molecular weight excluding hydrogens is 452 g/mol. The van der Waals surface area contributed by atoms with Crippen LogP contribution >= 0.6 is 0 Å². The Labute approximate surface area is 199 Å². The summed E-state index contributed by atoms with van der Waals surface area (Å²) < 4.78 is 28.4. The molecule has 176 valence electrons. The summed E-state index contributed by atoms with van der Waals surface area (Å²) >= 11 is 0. The Morgan fingerprint density at radius 3 is 2.44 bits per heavy atom. The number of nitrogens with zero attached hydrogens (tertiary/aromatic N) is 2. The van der Waals surface area contributed by atoms with Crippen LogP contribution < -0.4 is 14.9 Å². The minimum absolute atomic E-state index is 0.0687. The maximum Gasteiger partial charge on any atom is 0.251 e. The second kappa shape index (κ2) is 9.00. The molecule has 1 aromatic heterocycles. The summed E-state index contributed by atoms with van der Waals surface area (Å²) in [4.78, 5) is 30.5. The molecule has 0 spiro atoms. The Morgan fingerprint density at radius 1 is 1.03 bits per heavy atom. The molecule has 0 saturated carbocycles. The van der Waals surface area contributed by atoms with E-state index in [-0.39, 0.29) is 23.3 Å². The molecule has 8 nitrogen and oxygen atoms in total. The Balaban J connectivity index is 1.40. The minimum atomic E-state index is -3.80. The van der Waals surface area contributed by atoms with Gasteiger partial charge in [-0.1, -0.05) is 18.2 Å². The van der Waals surface area contributed by atoms with E-state index in [1.165, 1.54) is 6.07 Å². The molecule has 0 bridgehead atoms. The molecule has 2 heterocycles. The van der Waals surface area contributed by atoms with Gasteiger partial charge in [-0.05, 0) is 66.9 Å². The topological polar surface area (TPSA) is 108 Å². The van der Waals surface area contributed by atoms with Crippen LogP contribution in [-0.4, -0.2) is 32.3 Å². The molecule has 0 aliphatic carbocycles. The highest BCUT2D eigenvalue weighted by molar-refractivity contribution is 7.89. The third-order valence-electron chi connectivity index (χ3n) is 6.01. The van der Waals surface area contributed by atoms with Crippen LogP contribution in [-0.2, 0) is 33.3 Å². The average Bonchev–Trinajstić information content (AvgIpc) is 3.02. The van der Waals surface area contributed by atoms with Crippen LogP contribution in [0.2, 0.25) is 0 Å². The third-order valence-corrected chi connectivity index (χ3v) is 7.41. The van der Waals surface area contributed by atoms with Gasteiger partial charge in [0.15, 0.2) is 0 Å². The van der Waals surface area contributed by atoms with Crippen LogP contribution in [0.25, 0.3) is 0 Å². The molecule has 0 atom stereocenters. The molecule has 2 N–H and O–H groups in total. The number of carbonyl (C=O) groups excluding carboxylic acids is 2. The first kappa shape index (κ1) is 23.6. The van der Waals surface area contributed by atoms with Crippen molar-refractivity contribution in [3.63, 3.8) is 0 Å². The van der Waals surface area contributed by atoms with E-state index in [0.29, 0.717) is 28.9 Å². The molecule has 0 fully saturated rings. The summed E-state index contributed by atoms with van der Waals surface area (Å²) in [6, 6.07) is 15.1. The van der Waals surface area contributed by atoms with Crippen molar-refractivity contribution in [3.8, 4) is 0 Å². The number of amides is 2. The van der Waals surface area contributed by atoms with Crippen molar-refractivity contribution in [1.82, 2.24) is 15.0 Å². The number of fused-ring (bicyclic) bond motifs is 1. The number of likely N-dealkylation sites (N-methyl/N-ethyl adjacent to an activating group) is 1. The molecule has 0 radical (unpaired) electrons. The summed E-state index contributed by atoms with van der Waals surface area (Å²) in [7, 11) is -2.11. The number of pyridine rings is 1. The zero-order chi connectivity index (χ0) is 24.5. The van der Waals surface area contributed by atoms with Crippen LogP contribution in [0.1, 0.15) is 40.9 Å². The SMILES string of the molecule is CN1C(=O)C(C)(C)c2cc(S(=O)(=O)NCc3ccc(C(=O)NCc4cccnc4)cc3)ccc21. The van der Waals surface area contributed by atoms with Crippen molar-refractivity contribution in [3.05, 3.63) is 89.2 Å². The van der Waals surface area contributed by atoms with Crippen molar-refractivity contribution in [2.45, 2.75) is 37.2 Å². The number of nitrogens with one attached hydrogen (secondary N) is 2. The maximum atomic E-state index is 12.9. The molecule has 0 saturated heterocycles. The molecule has 3 aromatic rings. The first-order valence-electron chi connectivity index (χ1n) is 10.8. The van der Waals surface area contributed by atoms with Gasteiger partial charge in [-0.25, -0.2) is 13.1 Å². The standard InChI is InChI=1S/C25H26N4O4S/c1-25(2)21-13-20(10-11-22(21)29(3)24(25)31)34(32,33)28-16-17-6-8-19(9-7-17)23(30)27-15-18-5-4-12-26-14-18/h4-14,28H,15-16H2,1-3H3,(H,27,30). The van der Waals surface area contributed by atoms with Crippen molar-refractivity contribution < 1.29 is 18.0 Å². The lowest BCUT2D eigenvalue weighted by atomic mass is 9.86. The van der Waals surface area contributed by atoms with Gasteiger partial charge in [0.25, 0.3) is 5.91 Å². The summed E-state index contributed by atoms with van der Waals surface area (Å²) in [5, 5.41) is 2.83. The molecule has 2 amide bonds. The second-order valence-electron chi connectivity index (χ2n) is 8.73. The van der Waals surface area contributed by atoms with E-state index in [2.05, 4.69) is 15.0 Å². The normalized spacial score (nSPS) is 14.7. The summed E-state index contributed by atoms with van der Waals surface area (Å²) in [6.07, 6.45) is 3.36. The van der Waals surface area contributed by atoms with E-state index in [9.17, 15) is 18.0 Å². The number of anilines is 1. The molecule has 4 rings (SSSR count). The lowest BCUT2D eigenvalue weighted by Crippen LogP contribution is -2.33. The number of sulfonamides is 1. The van der Waals surface area contributed by atoms with Gasteiger partial charge in [0.05, 0.1) is 10.3 Å². The van der Waals surface area contributed by atoms with E-state index in [1.54, 1.807) is 80.7 Å². The smallest absolute Gasteiger partial charge is 0.251 e. The van der Waals surface area contributed by atoms with Crippen LogP contribution in [0.5, 0.6) is 0 Å². The van der Waals surface area contributed by atoms with Crippen molar-refractivity contribution in [2.24, 2.45) is 0 Å². The van der Waals surface area contributed by atoms with Gasteiger partial charge in [0.1, 0.15) is 0 Å². The summed E-state index contributed by atoms with van der Waals surface area (Å²) in [6.45, 7) is 4.01. The zero-order valence-corrected chi connectivity index (χ0v) is 20.0. The fourth-order valence-electron chi connectivity index (χ4n) is 3.94. The number of carbonyl (C=O) groups is 2. The number of benzene rings is 2. The largest absolute Gasteiger partial charge is 0.348 e. The second-order valence-corrected chi connectivity index (χ2v) is 10.5. The fourth-order valence-corrected chi connectivity index (χ4v) is 4.99. The Kier molecular flexibility index (Phi) is 6.24. The number of hydrogen-bond acceptors (Lipinski definition) is 5. The van der Waals surface area contributed by atoms with Gasteiger partial charge in [-0.2, -0.15) is 0 Å². The lowest BCUT2D eigenvalue weighted by molar-refractivity contribution is -0.121. The number of hydrogen-bond donors (Lipinski definition) is 2. The highest BCUT2D eigenvalue weighted by Crippen LogP contribution is 2.41. The molecule has 9 heteroatoms. The van der Waals surface area contributed by atoms with E-state index >= 15 is 0 Å². The van der Waals surface area contributed by atoms with Crippen LogP contribution in [0, 0.1) is 0 Å². The highest BCUT2D eigenvalue weighted by atomic mass is 32.2. The molecular formula is C25H26N4O4S. The predicted octanol–water partition coefficient (Wildman–Crippen LogP) is 2.74. The lowest BCUT2D eigenvalue weighted by Gasteiger charge is -2.17. The van der Waals surface area contributed by atoms with Crippen molar-refractivity contribution in [2.75, 3.05) is 11.9 Å². The Hall–Kier alpha value is -3.56. The first-order valence-corrected chi connectivity index (χ1v) is 12.3. The average molecular weight is 479 g/mol. The Bertz CT molecular complexity index is 1340. The van der Waals surface area contributed by atoms with Gasteiger partial charge in [-0.15, -0.1) is 0 Å². The van der Waals surface area contributed by atoms with Gasteiger partial charge in [-0.3, -0.25) is 14.6 Å². The van der Waals surface area contributed by atoms with E-state index < -0.39 is 15.4 Å². The molecule has 2 aromatic carbocycles. The van der Waals surface area contributed by atoms with E-state index in [1.807, 2.05) is 6.07 Å². The predicted molar refractivity (Wildman–Crippen MR) is 129 cm³/mol. The molecule has 1 aliphatic heterocycles. The van der Waals surface area contributed by atoms with Crippen LogP contribution in [0.3, 0.4) is 0 Å². The van der Waals surface area contributed by atoms with Gasteiger partial charge in [0.2, 0.25) is 15.9 Å². The van der Waals surface area contributed by atoms with Crippen LogP contribution in [0.15, 0.2) is 71.9 Å². The highest BCUT2D eigenvalue weighted by Gasteiger charge is 2.42. The zero-order valence-electron chi connectivity index (χ0n) is 19.2. The van der Waals surface area contributed by atoms with E-state index in [0.717, 1.165) is 5.56 Å². The Morgan fingerprint density at radius 2 is 1.76 bits per heavy atom. The summed E-state index contributed by atoms with van der Waals surface area (Å²) in [5.41, 5.74) is 2.70. The van der Waals surface area contributed by atoms with Gasteiger partial charge >= 0.3 is 0 Å². The minimum Gasteiger partial charge on any atom is -0.348 e. The van der Waals surface area contributed by atoms with Crippen molar-refractivity contribution >= 4 is 27.5 Å². The molecule has 1 aliphatic rings. The van der Waals surface area contributed by atoms with Crippen LogP contribution in [0.4, 0.5) is 5.69 Å².